The predicted molar refractivity (Wildman–Crippen MR) is 92.9 cm³/mol. The van der Waals surface area contributed by atoms with Gasteiger partial charge in [-0.25, -0.2) is 9.78 Å². The Kier molecular flexibility index (Phi) is 5.88. The molecular formula is C18H25F3N4O. The fourth-order valence-electron chi connectivity index (χ4n) is 3.73. The summed E-state index contributed by atoms with van der Waals surface area (Å²) in [7, 11) is 0. The number of nitrogens with zero attached hydrogens (tertiary/aromatic N) is 2. The maximum Gasteiger partial charge on any atom is 0.391 e. The van der Waals surface area contributed by atoms with Crippen LogP contribution in [0.3, 0.4) is 0 Å². The van der Waals surface area contributed by atoms with Crippen molar-refractivity contribution in [2.24, 2.45) is 5.92 Å². The second kappa shape index (κ2) is 8.14. The highest BCUT2D eigenvalue weighted by molar-refractivity contribution is 5.74. The molecule has 0 spiro atoms. The Labute approximate surface area is 151 Å². The maximum absolute atomic E-state index is 12.8. The van der Waals surface area contributed by atoms with Crippen molar-refractivity contribution in [2.75, 3.05) is 18.0 Å². The van der Waals surface area contributed by atoms with E-state index in [1.165, 1.54) is 0 Å². The fraction of sp³-hybridized carbons (Fsp3) is 0.667. The van der Waals surface area contributed by atoms with Crippen molar-refractivity contribution in [2.45, 2.75) is 57.3 Å². The van der Waals surface area contributed by atoms with E-state index < -0.39 is 24.2 Å². The molecule has 0 bridgehead atoms. The molecule has 5 nitrogen and oxygen atoms in total. The predicted octanol–water partition coefficient (Wildman–Crippen LogP) is 3.60. The van der Waals surface area contributed by atoms with E-state index in [-0.39, 0.29) is 12.8 Å². The zero-order valence-electron chi connectivity index (χ0n) is 14.7. The third-order valence-electron chi connectivity index (χ3n) is 5.17. The van der Waals surface area contributed by atoms with Gasteiger partial charge in [-0.1, -0.05) is 6.42 Å². The van der Waals surface area contributed by atoms with Crippen LogP contribution in [0.1, 0.15) is 44.1 Å². The van der Waals surface area contributed by atoms with Gasteiger partial charge < -0.3 is 15.5 Å². The first-order valence-corrected chi connectivity index (χ1v) is 9.23. The van der Waals surface area contributed by atoms with Crippen molar-refractivity contribution >= 4 is 11.8 Å². The summed E-state index contributed by atoms with van der Waals surface area (Å²) >= 11 is 0. The molecule has 1 aliphatic heterocycles. The summed E-state index contributed by atoms with van der Waals surface area (Å²) in [6.07, 6.45) is 1.05. The molecule has 26 heavy (non-hydrogen) atoms. The lowest BCUT2D eigenvalue weighted by Crippen LogP contribution is -2.45. The second-order valence-electron chi connectivity index (χ2n) is 7.15. The number of carbonyl (C=O) groups excluding carboxylic acids is 1. The first kappa shape index (κ1) is 18.8. The number of rotatable bonds is 4. The Morgan fingerprint density at radius 2 is 2.00 bits per heavy atom. The number of anilines is 1. The summed E-state index contributed by atoms with van der Waals surface area (Å²) in [6, 6.07) is 2.94. The summed E-state index contributed by atoms with van der Waals surface area (Å²) < 4.78 is 38.5. The average Bonchev–Trinajstić information content (AvgIpc) is 3.14. The minimum atomic E-state index is -4.18. The maximum atomic E-state index is 12.8. The molecule has 3 rings (SSSR count). The van der Waals surface area contributed by atoms with Gasteiger partial charge in [-0.3, -0.25) is 0 Å². The molecule has 1 aromatic heterocycles. The molecule has 2 unspecified atom stereocenters. The lowest BCUT2D eigenvalue weighted by atomic mass is 9.85. The highest BCUT2D eigenvalue weighted by Gasteiger charge is 2.42. The number of hydrogen-bond donors (Lipinski definition) is 2. The number of aromatic nitrogens is 1. The van der Waals surface area contributed by atoms with E-state index in [1.807, 2.05) is 12.1 Å². The Morgan fingerprint density at radius 3 is 2.73 bits per heavy atom. The number of amides is 2. The van der Waals surface area contributed by atoms with Crippen molar-refractivity contribution in [3.63, 3.8) is 0 Å². The van der Waals surface area contributed by atoms with Gasteiger partial charge in [-0.05, 0) is 49.8 Å². The van der Waals surface area contributed by atoms with Crippen molar-refractivity contribution < 1.29 is 18.0 Å². The number of urea groups is 1. The molecule has 2 heterocycles. The molecule has 2 aliphatic rings. The van der Waals surface area contributed by atoms with Gasteiger partial charge in [-0.2, -0.15) is 13.2 Å². The molecule has 2 N–H and O–H groups in total. The minimum Gasteiger partial charge on any atom is -0.357 e. The minimum absolute atomic E-state index is 0.0364. The van der Waals surface area contributed by atoms with Crippen LogP contribution < -0.4 is 15.5 Å². The average molecular weight is 370 g/mol. The monoisotopic (exact) mass is 370 g/mol. The molecule has 0 radical (unpaired) electrons. The van der Waals surface area contributed by atoms with Crippen LogP contribution in [0.5, 0.6) is 0 Å². The van der Waals surface area contributed by atoms with Crippen molar-refractivity contribution in [3.05, 3.63) is 23.9 Å². The molecule has 2 fully saturated rings. The number of halogens is 3. The largest absolute Gasteiger partial charge is 0.391 e. The van der Waals surface area contributed by atoms with Gasteiger partial charge in [0.15, 0.2) is 0 Å². The van der Waals surface area contributed by atoms with Crippen LogP contribution in [-0.2, 0) is 6.54 Å². The Bertz CT molecular complexity index is 617. The third kappa shape index (κ3) is 5.02. The summed E-state index contributed by atoms with van der Waals surface area (Å²) in [4.78, 5) is 18.6. The first-order chi connectivity index (χ1) is 12.4. The van der Waals surface area contributed by atoms with E-state index in [0.717, 1.165) is 37.3 Å². The van der Waals surface area contributed by atoms with Crippen molar-refractivity contribution in [1.29, 1.82) is 0 Å². The highest BCUT2D eigenvalue weighted by atomic mass is 19.4. The molecule has 2 amide bonds. The standard InChI is InChI=1S/C18H25F3N4O/c19-18(20,21)14-4-3-5-15(11-14)24-17(26)23-12-13-6-7-22-16(10-13)25-8-1-2-9-25/h6-7,10,14-15H,1-5,8-9,11-12H2,(H2,23,24,26). The van der Waals surface area contributed by atoms with Gasteiger partial charge in [-0.15, -0.1) is 0 Å². The van der Waals surface area contributed by atoms with Crippen LogP contribution in [0.25, 0.3) is 0 Å². The molecule has 0 aromatic carbocycles. The number of hydrogen-bond acceptors (Lipinski definition) is 3. The van der Waals surface area contributed by atoms with Crippen LogP contribution in [0.4, 0.5) is 23.8 Å². The third-order valence-corrected chi connectivity index (χ3v) is 5.17. The van der Waals surface area contributed by atoms with E-state index in [0.29, 0.717) is 19.4 Å². The fourth-order valence-corrected chi connectivity index (χ4v) is 3.73. The van der Waals surface area contributed by atoms with Gasteiger partial charge in [0.2, 0.25) is 0 Å². The topological polar surface area (TPSA) is 57.3 Å². The van der Waals surface area contributed by atoms with Crippen LogP contribution in [0, 0.1) is 5.92 Å². The summed E-state index contributed by atoms with van der Waals surface area (Å²) in [5.41, 5.74) is 0.925. The first-order valence-electron chi connectivity index (χ1n) is 9.23. The van der Waals surface area contributed by atoms with Crippen LogP contribution in [0.2, 0.25) is 0 Å². The number of carbonyl (C=O) groups is 1. The Balaban J connectivity index is 1.47. The normalized spacial score (nSPS) is 23.7. The molecule has 1 saturated carbocycles. The smallest absolute Gasteiger partial charge is 0.357 e. The number of alkyl halides is 3. The van der Waals surface area contributed by atoms with Gasteiger partial charge in [0.1, 0.15) is 5.82 Å². The molecule has 1 aliphatic carbocycles. The van der Waals surface area contributed by atoms with E-state index in [9.17, 15) is 18.0 Å². The molecule has 1 saturated heterocycles. The summed E-state index contributed by atoms with van der Waals surface area (Å²) in [5.74, 6) is -0.410. The number of pyridine rings is 1. The Hall–Kier alpha value is -1.99. The second-order valence-corrected chi connectivity index (χ2v) is 7.15. The number of nitrogens with one attached hydrogen (secondary N) is 2. The Morgan fingerprint density at radius 1 is 1.23 bits per heavy atom. The van der Waals surface area contributed by atoms with Gasteiger partial charge in [0.25, 0.3) is 0 Å². The van der Waals surface area contributed by atoms with Crippen molar-refractivity contribution in [1.82, 2.24) is 15.6 Å². The van der Waals surface area contributed by atoms with Crippen LogP contribution in [-0.4, -0.2) is 36.3 Å². The lowest BCUT2D eigenvalue weighted by Gasteiger charge is -2.31. The van der Waals surface area contributed by atoms with Gasteiger partial charge in [0, 0.05) is 31.9 Å². The molecule has 2 atom stereocenters. The van der Waals surface area contributed by atoms with Gasteiger partial charge in [0.05, 0.1) is 5.92 Å². The highest BCUT2D eigenvalue weighted by Crippen LogP contribution is 2.37. The SMILES string of the molecule is O=C(NCc1ccnc(N2CCCC2)c1)NC1CCCC(C(F)(F)F)C1. The van der Waals surface area contributed by atoms with Crippen molar-refractivity contribution in [3.8, 4) is 0 Å². The molecular weight excluding hydrogens is 345 g/mol. The van der Waals surface area contributed by atoms with E-state index in [4.69, 9.17) is 0 Å². The molecule has 8 heteroatoms. The van der Waals surface area contributed by atoms with E-state index >= 15 is 0 Å². The van der Waals surface area contributed by atoms with E-state index in [1.54, 1.807) is 6.20 Å². The van der Waals surface area contributed by atoms with Crippen LogP contribution >= 0.6 is 0 Å². The summed E-state index contributed by atoms with van der Waals surface area (Å²) in [6.45, 7) is 2.31. The van der Waals surface area contributed by atoms with E-state index in [2.05, 4.69) is 20.5 Å². The zero-order valence-corrected chi connectivity index (χ0v) is 14.7. The van der Waals surface area contributed by atoms with Crippen LogP contribution in [0.15, 0.2) is 18.3 Å². The lowest BCUT2D eigenvalue weighted by molar-refractivity contribution is -0.183. The molecule has 144 valence electrons. The van der Waals surface area contributed by atoms with Gasteiger partial charge >= 0.3 is 12.2 Å². The quantitative estimate of drug-likeness (QED) is 0.851. The molecule has 1 aromatic rings. The zero-order chi connectivity index (χ0) is 18.6. The summed E-state index contributed by atoms with van der Waals surface area (Å²) in [5, 5.41) is 5.42.